The van der Waals surface area contributed by atoms with Crippen LogP contribution in [-0.4, -0.2) is 11.4 Å². The quantitative estimate of drug-likeness (QED) is 0.184. The average Bonchev–Trinajstić information content (AvgIpc) is 3.28. The van der Waals surface area contributed by atoms with Crippen molar-refractivity contribution in [2.75, 3.05) is 6.79 Å². The van der Waals surface area contributed by atoms with Crippen LogP contribution >= 0.6 is 0 Å². The molecule has 1 aromatic heterocycles. The summed E-state index contributed by atoms with van der Waals surface area (Å²) in [5.74, 6) is 1.04. The van der Waals surface area contributed by atoms with Crippen molar-refractivity contribution in [2.45, 2.75) is 53.4 Å². The van der Waals surface area contributed by atoms with Crippen molar-refractivity contribution in [3.63, 3.8) is 0 Å². The minimum Gasteiger partial charge on any atom is -0.457 e. The van der Waals surface area contributed by atoms with Gasteiger partial charge < -0.3 is 14.0 Å². The predicted octanol–water partition coefficient (Wildman–Crippen LogP) is 12.7. The van der Waals surface area contributed by atoms with Crippen molar-refractivity contribution in [2.24, 2.45) is 5.41 Å². The molecule has 0 amide bonds. The maximum absolute atomic E-state index is 15.2. The SMILES string of the molecule is Cc1cc(F)cc2c1OCOc1c-2cc(C(C)(C)CC(C)(C)C)cc1-n1c2cc(-c3ccccc3)ccc2c2ccc(-c3ccccc3)cc21. The highest BCUT2D eigenvalue weighted by Crippen LogP contribution is 2.49. The third kappa shape index (κ3) is 5.63. The molecule has 0 saturated heterocycles. The normalized spacial score (nSPS) is 13.0. The summed E-state index contributed by atoms with van der Waals surface area (Å²) in [5, 5.41) is 2.30. The fourth-order valence-electron chi connectivity index (χ4n) is 8.12. The molecule has 0 N–H and O–H groups in total. The fourth-order valence-corrected chi connectivity index (χ4v) is 8.12. The third-order valence-electron chi connectivity index (χ3n) is 9.98. The predicted molar refractivity (Wildman–Crippen MR) is 205 cm³/mol. The topological polar surface area (TPSA) is 23.4 Å². The van der Waals surface area contributed by atoms with Gasteiger partial charge in [0.05, 0.1) is 16.7 Å². The van der Waals surface area contributed by atoms with E-state index in [2.05, 4.69) is 136 Å². The second kappa shape index (κ2) is 11.9. The van der Waals surface area contributed by atoms with Crippen molar-refractivity contribution in [3.8, 4) is 50.6 Å². The summed E-state index contributed by atoms with van der Waals surface area (Å²) in [6.45, 7) is 13.4. The third-order valence-corrected chi connectivity index (χ3v) is 9.98. The van der Waals surface area contributed by atoms with Crippen molar-refractivity contribution in [1.82, 2.24) is 4.57 Å². The van der Waals surface area contributed by atoms with Crippen LogP contribution in [0.5, 0.6) is 11.5 Å². The van der Waals surface area contributed by atoms with E-state index in [9.17, 15) is 0 Å². The molecule has 6 aromatic carbocycles. The van der Waals surface area contributed by atoms with E-state index in [-0.39, 0.29) is 23.4 Å². The van der Waals surface area contributed by atoms with Gasteiger partial charge in [0.1, 0.15) is 11.6 Å². The van der Waals surface area contributed by atoms with Gasteiger partial charge in [-0.15, -0.1) is 0 Å². The lowest BCUT2D eigenvalue weighted by Gasteiger charge is -2.34. The van der Waals surface area contributed by atoms with E-state index in [4.69, 9.17) is 9.47 Å². The zero-order chi connectivity index (χ0) is 34.8. The van der Waals surface area contributed by atoms with Crippen LogP contribution in [0.4, 0.5) is 4.39 Å². The van der Waals surface area contributed by atoms with Gasteiger partial charge in [0, 0.05) is 21.9 Å². The number of aromatic nitrogens is 1. The minimum absolute atomic E-state index is 0.0197. The van der Waals surface area contributed by atoms with Gasteiger partial charge in [0.25, 0.3) is 0 Å². The molecule has 0 atom stereocenters. The second-order valence-corrected chi connectivity index (χ2v) is 15.5. The lowest BCUT2D eigenvalue weighted by atomic mass is 9.71. The number of halogens is 1. The molecule has 0 bridgehead atoms. The van der Waals surface area contributed by atoms with E-state index in [1.165, 1.54) is 6.07 Å². The molecule has 2 heterocycles. The Bertz CT molecular complexity index is 2300. The van der Waals surface area contributed by atoms with Crippen molar-refractivity contribution in [1.29, 1.82) is 0 Å². The van der Waals surface area contributed by atoms with Crippen LogP contribution < -0.4 is 9.47 Å². The van der Waals surface area contributed by atoms with Crippen LogP contribution in [0, 0.1) is 18.2 Å². The number of fused-ring (bicyclic) bond motifs is 6. The molecule has 250 valence electrons. The first-order valence-electron chi connectivity index (χ1n) is 17.4. The van der Waals surface area contributed by atoms with Gasteiger partial charge in [-0.25, -0.2) is 4.39 Å². The molecule has 7 aromatic rings. The molecule has 50 heavy (non-hydrogen) atoms. The molecule has 0 radical (unpaired) electrons. The smallest absolute Gasteiger partial charge is 0.231 e. The van der Waals surface area contributed by atoms with Crippen LogP contribution in [-0.2, 0) is 5.41 Å². The molecular formula is C46H42FNO2. The van der Waals surface area contributed by atoms with Crippen LogP contribution in [0.3, 0.4) is 0 Å². The van der Waals surface area contributed by atoms with Crippen LogP contribution in [0.2, 0.25) is 0 Å². The minimum atomic E-state index is -0.296. The Labute approximate surface area is 293 Å². The molecular weight excluding hydrogens is 618 g/mol. The van der Waals surface area contributed by atoms with E-state index in [1.807, 2.05) is 19.1 Å². The molecule has 8 rings (SSSR count). The summed E-state index contributed by atoms with van der Waals surface area (Å²) >= 11 is 0. The Morgan fingerprint density at radius 2 is 1.14 bits per heavy atom. The van der Waals surface area contributed by atoms with Crippen LogP contribution in [0.15, 0.2) is 121 Å². The Hall–Kier alpha value is -5.35. The largest absolute Gasteiger partial charge is 0.457 e. The highest BCUT2D eigenvalue weighted by atomic mass is 19.1. The molecule has 4 heteroatoms. The number of ether oxygens (including phenoxy) is 2. The van der Waals surface area contributed by atoms with Gasteiger partial charge in [0.2, 0.25) is 6.79 Å². The summed E-state index contributed by atoms with van der Waals surface area (Å²) < 4.78 is 30.4. The molecule has 0 fully saturated rings. The first-order chi connectivity index (χ1) is 24.0. The van der Waals surface area contributed by atoms with Gasteiger partial charge in [-0.2, -0.15) is 0 Å². The molecule has 1 aliphatic rings. The summed E-state index contributed by atoms with van der Waals surface area (Å²) in [6, 6.07) is 42.1. The van der Waals surface area contributed by atoms with E-state index in [0.717, 1.165) is 72.9 Å². The van der Waals surface area contributed by atoms with E-state index in [0.29, 0.717) is 17.1 Å². The first-order valence-corrected chi connectivity index (χ1v) is 17.4. The summed E-state index contributed by atoms with van der Waals surface area (Å²) in [7, 11) is 0. The van der Waals surface area contributed by atoms with Crippen LogP contribution in [0.25, 0.3) is 60.9 Å². The van der Waals surface area contributed by atoms with Crippen LogP contribution in [0.1, 0.15) is 52.2 Å². The summed E-state index contributed by atoms with van der Waals surface area (Å²) in [6.07, 6.45) is 0.952. The molecule has 3 nitrogen and oxygen atoms in total. The molecule has 0 unspecified atom stereocenters. The van der Waals surface area contributed by atoms with Gasteiger partial charge in [-0.05, 0) is 94.0 Å². The Morgan fingerprint density at radius 1 is 0.600 bits per heavy atom. The lowest BCUT2D eigenvalue weighted by Crippen LogP contribution is -2.25. The number of nitrogens with zero attached hydrogens (tertiary/aromatic N) is 1. The van der Waals surface area contributed by atoms with E-state index >= 15 is 4.39 Å². The number of hydrogen-bond donors (Lipinski definition) is 0. The highest BCUT2D eigenvalue weighted by Gasteiger charge is 2.32. The molecule has 1 aliphatic heterocycles. The zero-order valence-electron chi connectivity index (χ0n) is 29.6. The monoisotopic (exact) mass is 659 g/mol. The standard InChI is InChI=1S/C46H42FNO2/c1-29-21-35(47)26-39-38-24-34(46(5,6)27-45(2,3)4)25-42(44(38)50-28-49-43(29)39)48-40-22-32(30-13-9-7-10-14-30)17-19-36(40)37-20-18-33(23-41(37)48)31-15-11-8-12-16-31/h7-26H,27-28H2,1-6H3. The lowest BCUT2D eigenvalue weighted by molar-refractivity contribution is 0.124. The average molecular weight is 660 g/mol. The Morgan fingerprint density at radius 3 is 1.70 bits per heavy atom. The molecule has 0 saturated carbocycles. The van der Waals surface area contributed by atoms with Gasteiger partial charge >= 0.3 is 0 Å². The number of benzene rings is 6. The maximum Gasteiger partial charge on any atom is 0.231 e. The van der Waals surface area contributed by atoms with Gasteiger partial charge in [0.15, 0.2) is 5.75 Å². The van der Waals surface area contributed by atoms with Crippen molar-refractivity contribution < 1.29 is 13.9 Å². The van der Waals surface area contributed by atoms with Crippen molar-refractivity contribution >= 4 is 21.8 Å². The zero-order valence-corrected chi connectivity index (χ0v) is 29.6. The maximum atomic E-state index is 15.2. The fraction of sp³-hybridized carbons (Fsp3) is 0.217. The highest BCUT2D eigenvalue weighted by molar-refractivity contribution is 6.11. The number of aryl methyl sites for hydroxylation is 1. The number of rotatable bonds is 5. The first kappa shape index (κ1) is 31.9. The van der Waals surface area contributed by atoms with Gasteiger partial charge in [-0.3, -0.25) is 0 Å². The van der Waals surface area contributed by atoms with Crippen molar-refractivity contribution in [3.05, 3.63) is 138 Å². The van der Waals surface area contributed by atoms with Gasteiger partial charge in [-0.1, -0.05) is 120 Å². The Balaban J connectivity index is 1.51. The summed E-state index contributed by atoms with van der Waals surface area (Å²) in [4.78, 5) is 0. The molecule has 0 aliphatic carbocycles. The number of hydrogen-bond acceptors (Lipinski definition) is 2. The molecule has 0 spiro atoms. The second-order valence-electron chi connectivity index (χ2n) is 15.5. The Kier molecular flexibility index (Phi) is 7.60. The summed E-state index contributed by atoms with van der Waals surface area (Å²) in [5.41, 5.74) is 11.0. The van der Waals surface area contributed by atoms with E-state index < -0.39 is 0 Å². The van der Waals surface area contributed by atoms with E-state index in [1.54, 1.807) is 6.07 Å².